The fraction of sp³-hybridized carbons (Fsp3) is 0.417. The standard InChI is InChI=1S/C12H16N4O3/c1-16-14-11(13-15-16)7-8(17)12-9(18-2)5-4-6-10(12)19-3/h4-6,8,17H,7H2,1-3H3. The van der Waals surface area contributed by atoms with E-state index in [4.69, 9.17) is 9.47 Å². The van der Waals surface area contributed by atoms with Gasteiger partial charge >= 0.3 is 0 Å². The van der Waals surface area contributed by atoms with Gasteiger partial charge in [-0.05, 0) is 17.3 Å². The molecule has 1 atom stereocenters. The Morgan fingerprint density at radius 1 is 1.26 bits per heavy atom. The van der Waals surface area contributed by atoms with Crippen LogP contribution in [0.2, 0.25) is 0 Å². The first-order valence-electron chi connectivity index (χ1n) is 5.77. The molecule has 7 heteroatoms. The normalized spacial score (nSPS) is 12.2. The maximum atomic E-state index is 10.3. The molecule has 1 aromatic heterocycles. The van der Waals surface area contributed by atoms with Crippen LogP contribution >= 0.6 is 0 Å². The zero-order valence-corrected chi connectivity index (χ0v) is 11.1. The van der Waals surface area contributed by atoms with Gasteiger partial charge in [-0.15, -0.1) is 10.2 Å². The van der Waals surface area contributed by atoms with E-state index in [9.17, 15) is 5.11 Å². The van der Waals surface area contributed by atoms with Crippen LogP contribution in [-0.2, 0) is 13.5 Å². The molecule has 0 radical (unpaired) electrons. The summed E-state index contributed by atoms with van der Waals surface area (Å²) in [5, 5.41) is 22.0. The van der Waals surface area contributed by atoms with E-state index in [1.165, 1.54) is 4.80 Å². The highest BCUT2D eigenvalue weighted by Crippen LogP contribution is 2.34. The summed E-state index contributed by atoms with van der Waals surface area (Å²) < 4.78 is 10.5. The van der Waals surface area contributed by atoms with Crippen LogP contribution in [0.1, 0.15) is 17.5 Å². The van der Waals surface area contributed by atoms with Crippen LogP contribution in [0.15, 0.2) is 18.2 Å². The number of hydrogen-bond donors (Lipinski definition) is 1. The van der Waals surface area contributed by atoms with Gasteiger partial charge in [0.05, 0.1) is 32.9 Å². The Morgan fingerprint density at radius 2 is 1.89 bits per heavy atom. The predicted molar refractivity (Wildman–Crippen MR) is 67.0 cm³/mol. The molecule has 0 amide bonds. The molecule has 0 aliphatic rings. The zero-order valence-electron chi connectivity index (χ0n) is 11.1. The van der Waals surface area contributed by atoms with Crippen molar-refractivity contribution >= 4 is 0 Å². The first kappa shape index (κ1) is 13.3. The molecule has 1 N–H and O–H groups in total. The van der Waals surface area contributed by atoms with E-state index >= 15 is 0 Å². The van der Waals surface area contributed by atoms with Crippen molar-refractivity contribution in [3.63, 3.8) is 0 Å². The molecule has 2 rings (SSSR count). The summed E-state index contributed by atoms with van der Waals surface area (Å²) in [6, 6.07) is 5.34. The van der Waals surface area contributed by atoms with Crippen molar-refractivity contribution in [2.45, 2.75) is 12.5 Å². The van der Waals surface area contributed by atoms with E-state index in [0.29, 0.717) is 22.9 Å². The van der Waals surface area contributed by atoms with Crippen molar-refractivity contribution in [2.75, 3.05) is 14.2 Å². The van der Waals surface area contributed by atoms with E-state index in [0.717, 1.165) is 0 Å². The summed E-state index contributed by atoms with van der Waals surface area (Å²) in [5.41, 5.74) is 0.583. The number of nitrogens with zero attached hydrogens (tertiary/aromatic N) is 4. The second-order valence-electron chi connectivity index (χ2n) is 3.99. The first-order valence-corrected chi connectivity index (χ1v) is 5.77. The number of tetrazole rings is 1. The molecule has 0 fully saturated rings. The second-order valence-corrected chi connectivity index (χ2v) is 3.99. The van der Waals surface area contributed by atoms with E-state index in [2.05, 4.69) is 15.4 Å². The topological polar surface area (TPSA) is 82.3 Å². The van der Waals surface area contributed by atoms with E-state index < -0.39 is 6.10 Å². The zero-order chi connectivity index (χ0) is 13.8. The van der Waals surface area contributed by atoms with Gasteiger partial charge in [-0.3, -0.25) is 0 Å². The maximum absolute atomic E-state index is 10.3. The number of aromatic nitrogens is 4. The summed E-state index contributed by atoms with van der Waals surface area (Å²) in [4.78, 5) is 1.35. The fourth-order valence-corrected chi connectivity index (χ4v) is 1.89. The molecule has 2 aromatic rings. The average Bonchev–Trinajstić information content (AvgIpc) is 2.82. The van der Waals surface area contributed by atoms with Crippen LogP contribution in [0.5, 0.6) is 11.5 Å². The van der Waals surface area contributed by atoms with Crippen molar-refractivity contribution < 1.29 is 14.6 Å². The fourth-order valence-electron chi connectivity index (χ4n) is 1.89. The number of hydrogen-bond acceptors (Lipinski definition) is 6. The molecule has 1 aromatic carbocycles. The number of ether oxygens (including phenoxy) is 2. The van der Waals surface area contributed by atoms with Crippen LogP contribution in [0.4, 0.5) is 0 Å². The van der Waals surface area contributed by atoms with Gasteiger partial charge in [-0.2, -0.15) is 4.80 Å². The van der Waals surface area contributed by atoms with Gasteiger partial charge in [-0.25, -0.2) is 0 Å². The highest BCUT2D eigenvalue weighted by Gasteiger charge is 2.20. The van der Waals surface area contributed by atoms with Crippen molar-refractivity contribution in [3.05, 3.63) is 29.6 Å². The molecule has 0 saturated heterocycles. The van der Waals surface area contributed by atoms with Crippen LogP contribution in [0.3, 0.4) is 0 Å². The number of aryl methyl sites for hydroxylation is 1. The largest absolute Gasteiger partial charge is 0.496 e. The Labute approximate surface area is 110 Å². The molecule has 7 nitrogen and oxygen atoms in total. The molecule has 19 heavy (non-hydrogen) atoms. The number of benzene rings is 1. The number of methoxy groups -OCH3 is 2. The van der Waals surface area contributed by atoms with Gasteiger partial charge in [0.25, 0.3) is 0 Å². The second kappa shape index (κ2) is 5.66. The minimum Gasteiger partial charge on any atom is -0.496 e. The predicted octanol–water partition coefficient (Wildman–Crippen LogP) is 0.503. The van der Waals surface area contributed by atoms with Gasteiger partial charge in [0.2, 0.25) is 0 Å². The highest BCUT2D eigenvalue weighted by atomic mass is 16.5. The lowest BCUT2D eigenvalue weighted by Gasteiger charge is -2.16. The molecule has 0 aliphatic heterocycles. The number of aliphatic hydroxyl groups excluding tert-OH is 1. The quantitative estimate of drug-likeness (QED) is 0.847. The minimum atomic E-state index is -0.824. The minimum absolute atomic E-state index is 0.241. The summed E-state index contributed by atoms with van der Waals surface area (Å²) in [6.07, 6.45) is -0.583. The maximum Gasteiger partial charge on any atom is 0.177 e. The van der Waals surface area contributed by atoms with E-state index in [1.807, 2.05) is 0 Å². The van der Waals surface area contributed by atoms with E-state index in [-0.39, 0.29) is 6.42 Å². The average molecular weight is 264 g/mol. The van der Waals surface area contributed by atoms with Crippen LogP contribution in [0, 0.1) is 0 Å². The molecular weight excluding hydrogens is 248 g/mol. The Balaban J connectivity index is 2.29. The van der Waals surface area contributed by atoms with Crippen molar-refractivity contribution in [1.29, 1.82) is 0 Å². The van der Waals surface area contributed by atoms with Crippen molar-refractivity contribution in [3.8, 4) is 11.5 Å². The van der Waals surface area contributed by atoms with Gasteiger partial charge < -0.3 is 14.6 Å². The Kier molecular flexibility index (Phi) is 3.96. The van der Waals surface area contributed by atoms with E-state index in [1.54, 1.807) is 39.5 Å². The van der Waals surface area contributed by atoms with Gasteiger partial charge in [0.1, 0.15) is 11.5 Å². The molecule has 1 heterocycles. The molecule has 0 saturated carbocycles. The highest BCUT2D eigenvalue weighted by molar-refractivity contribution is 5.46. The molecule has 0 bridgehead atoms. The molecule has 1 unspecified atom stereocenters. The van der Waals surface area contributed by atoms with Crippen molar-refractivity contribution in [1.82, 2.24) is 20.2 Å². The first-order chi connectivity index (χ1) is 9.15. The third-order valence-electron chi connectivity index (χ3n) is 2.72. The molecular formula is C12H16N4O3. The number of rotatable bonds is 5. The summed E-state index contributed by atoms with van der Waals surface area (Å²) in [6.45, 7) is 0. The van der Waals surface area contributed by atoms with Crippen LogP contribution < -0.4 is 9.47 Å². The Morgan fingerprint density at radius 3 is 2.37 bits per heavy atom. The van der Waals surface area contributed by atoms with Crippen molar-refractivity contribution in [2.24, 2.45) is 7.05 Å². The lowest BCUT2D eigenvalue weighted by Crippen LogP contribution is -2.07. The monoisotopic (exact) mass is 264 g/mol. The lowest BCUT2D eigenvalue weighted by molar-refractivity contribution is 0.167. The SMILES string of the molecule is COc1cccc(OC)c1C(O)Cc1nnn(C)n1. The summed E-state index contributed by atoms with van der Waals surface area (Å²) >= 11 is 0. The number of aliphatic hydroxyl groups is 1. The third kappa shape index (κ3) is 2.82. The van der Waals surface area contributed by atoms with Crippen LogP contribution in [0.25, 0.3) is 0 Å². The molecule has 102 valence electrons. The lowest BCUT2D eigenvalue weighted by atomic mass is 10.0. The van der Waals surface area contributed by atoms with Gasteiger partial charge in [0, 0.05) is 6.42 Å². The summed E-state index contributed by atoms with van der Waals surface area (Å²) in [5.74, 6) is 1.59. The third-order valence-corrected chi connectivity index (χ3v) is 2.72. The smallest absolute Gasteiger partial charge is 0.177 e. The van der Waals surface area contributed by atoms with Gasteiger partial charge in [-0.1, -0.05) is 6.07 Å². The Bertz CT molecular complexity index is 533. The molecule has 0 aliphatic carbocycles. The molecule has 0 spiro atoms. The summed E-state index contributed by atoms with van der Waals surface area (Å²) in [7, 11) is 4.77. The van der Waals surface area contributed by atoms with Gasteiger partial charge in [0.15, 0.2) is 5.82 Å². The Hall–Kier alpha value is -2.15. The van der Waals surface area contributed by atoms with Crippen LogP contribution in [-0.4, -0.2) is 39.5 Å².